The topological polar surface area (TPSA) is 21.3 Å². The van der Waals surface area contributed by atoms with Crippen molar-refractivity contribution in [1.82, 2.24) is 5.32 Å². The molecule has 0 aromatic rings. The highest BCUT2D eigenvalue weighted by molar-refractivity contribution is 6.69. The van der Waals surface area contributed by atoms with Crippen molar-refractivity contribution >= 4 is 8.32 Å². The molecule has 3 heteroatoms. The predicted octanol–water partition coefficient (Wildman–Crippen LogP) is 1.20. The van der Waals surface area contributed by atoms with Gasteiger partial charge < -0.3 is 9.74 Å². The van der Waals surface area contributed by atoms with E-state index in [0.29, 0.717) is 6.10 Å². The summed E-state index contributed by atoms with van der Waals surface area (Å²) in [4.78, 5) is 0. The molecule has 1 aliphatic heterocycles. The van der Waals surface area contributed by atoms with Gasteiger partial charge in [-0.25, -0.2) is 0 Å². The third-order valence-corrected chi connectivity index (χ3v) is 2.58. The van der Waals surface area contributed by atoms with E-state index >= 15 is 0 Å². The maximum Gasteiger partial charge on any atom is 0.184 e. The Balaban J connectivity index is 2.24. The summed E-state index contributed by atoms with van der Waals surface area (Å²) >= 11 is 0. The zero-order valence-corrected chi connectivity index (χ0v) is 8.11. The number of rotatable bonds is 2. The van der Waals surface area contributed by atoms with Gasteiger partial charge in [-0.3, -0.25) is 0 Å². The Morgan fingerprint density at radius 3 is 2.50 bits per heavy atom. The molecule has 1 saturated heterocycles. The fourth-order valence-electron chi connectivity index (χ4n) is 1.23. The molecule has 1 heterocycles. The number of hydrogen-bond donors (Lipinski definition) is 1. The van der Waals surface area contributed by atoms with Gasteiger partial charge in [-0.15, -0.1) is 0 Å². The van der Waals surface area contributed by atoms with Crippen LogP contribution >= 0.6 is 0 Å². The fourth-order valence-corrected chi connectivity index (χ4v) is 2.43. The summed E-state index contributed by atoms with van der Waals surface area (Å²) in [7, 11) is -1.26. The maximum absolute atomic E-state index is 5.88. The smallest absolute Gasteiger partial charge is 0.184 e. The van der Waals surface area contributed by atoms with Crippen LogP contribution in [0, 0.1) is 0 Å². The van der Waals surface area contributed by atoms with Gasteiger partial charge in [0.2, 0.25) is 0 Å². The lowest BCUT2D eigenvalue weighted by atomic mass is 10.3. The van der Waals surface area contributed by atoms with E-state index in [1.165, 1.54) is 6.42 Å². The molecule has 0 aromatic carbocycles. The second-order valence-electron chi connectivity index (χ2n) is 3.85. The average molecular weight is 159 g/mol. The van der Waals surface area contributed by atoms with Crippen LogP contribution in [0.3, 0.4) is 0 Å². The Kier molecular flexibility index (Phi) is 2.49. The van der Waals surface area contributed by atoms with Crippen molar-refractivity contribution in [2.24, 2.45) is 0 Å². The molecule has 10 heavy (non-hydrogen) atoms. The van der Waals surface area contributed by atoms with E-state index in [2.05, 4.69) is 25.0 Å². The summed E-state index contributed by atoms with van der Waals surface area (Å²) in [5, 5.41) is 3.29. The van der Waals surface area contributed by atoms with Gasteiger partial charge in [0.15, 0.2) is 8.32 Å². The lowest BCUT2D eigenvalue weighted by Crippen LogP contribution is -2.33. The van der Waals surface area contributed by atoms with Gasteiger partial charge in [-0.05, 0) is 32.6 Å². The van der Waals surface area contributed by atoms with E-state index in [-0.39, 0.29) is 0 Å². The zero-order valence-electron chi connectivity index (χ0n) is 7.11. The Morgan fingerprint density at radius 1 is 1.40 bits per heavy atom. The zero-order chi connectivity index (χ0) is 7.61. The van der Waals surface area contributed by atoms with Crippen LogP contribution in [0.4, 0.5) is 0 Å². The van der Waals surface area contributed by atoms with Gasteiger partial charge in [0.1, 0.15) is 0 Å². The molecule has 0 bridgehead atoms. The van der Waals surface area contributed by atoms with E-state index in [1.807, 2.05) is 0 Å². The molecule has 0 unspecified atom stereocenters. The SMILES string of the molecule is C[Si](C)(C)O[C@@H]1CCNC1. The minimum absolute atomic E-state index is 0.506. The van der Waals surface area contributed by atoms with Crippen LogP contribution < -0.4 is 5.32 Å². The van der Waals surface area contributed by atoms with E-state index in [9.17, 15) is 0 Å². The van der Waals surface area contributed by atoms with Crippen molar-refractivity contribution in [2.75, 3.05) is 13.1 Å². The molecular weight excluding hydrogens is 142 g/mol. The Bertz CT molecular complexity index is 105. The summed E-state index contributed by atoms with van der Waals surface area (Å²) in [5.41, 5.74) is 0. The van der Waals surface area contributed by atoms with Crippen molar-refractivity contribution < 1.29 is 4.43 Å². The van der Waals surface area contributed by atoms with Gasteiger partial charge in [0, 0.05) is 6.54 Å². The standard InChI is InChI=1S/C7H17NOSi/c1-10(2,3)9-7-4-5-8-6-7/h7-8H,4-6H2,1-3H3/t7-/m1/s1. The summed E-state index contributed by atoms with van der Waals surface area (Å²) < 4.78 is 5.88. The first kappa shape index (κ1) is 8.24. The third-order valence-electron chi connectivity index (χ3n) is 1.54. The summed E-state index contributed by atoms with van der Waals surface area (Å²) in [5.74, 6) is 0. The summed E-state index contributed by atoms with van der Waals surface area (Å²) in [6.07, 6.45) is 1.70. The highest BCUT2D eigenvalue weighted by atomic mass is 28.4. The van der Waals surface area contributed by atoms with Gasteiger partial charge in [-0.2, -0.15) is 0 Å². The Labute approximate surface area is 64.1 Å². The van der Waals surface area contributed by atoms with Crippen LogP contribution in [0.2, 0.25) is 19.6 Å². The van der Waals surface area contributed by atoms with Crippen molar-refractivity contribution in [3.8, 4) is 0 Å². The molecule has 1 aliphatic rings. The van der Waals surface area contributed by atoms with Crippen molar-refractivity contribution in [3.63, 3.8) is 0 Å². The van der Waals surface area contributed by atoms with Crippen molar-refractivity contribution in [2.45, 2.75) is 32.2 Å². The molecule has 0 amide bonds. The third kappa shape index (κ3) is 2.81. The molecular formula is C7H17NOSi. The highest BCUT2D eigenvalue weighted by Crippen LogP contribution is 2.11. The molecule has 1 N–H and O–H groups in total. The number of hydrogen-bond acceptors (Lipinski definition) is 2. The quantitative estimate of drug-likeness (QED) is 0.611. The largest absolute Gasteiger partial charge is 0.413 e. The molecule has 1 atom stereocenters. The number of nitrogens with one attached hydrogen (secondary N) is 1. The first-order chi connectivity index (χ1) is 4.58. The lowest BCUT2D eigenvalue weighted by Gasteiger charge is -2.22. The van der Waals surface area contributed by atoms with Crippen LogP contribution in [-0.4, -0.2) is 27.5 Å². The van der Waals surface area contributed by atoms with E-state index in [1.54, 1.807) is 0 Å². The maximum atomic E-state index is 5.88. The minimum Gasteiger partial charge on any atom is -0.413 e. The van der Waals surface area contributed by atoms with Crippen LogP contribution in [0.1, 0.15) is 6.42 Å². The molecule has 0 radical (unpaired) electrons. The molecule has 1 rings (SSSR count). The van der Waals surface area contributed by atoms with Crippen LogP contribution in [0.15, 0.2) is 0 Å². The highest BCUT2D eigenvalue weighted by Gasteiger charge is 2.23. The molecule has 60 valence electrons. The Hall–Kier alpha value is 0.137. The van der Waals surface area contributed by atoms with E-state index in [0.717, 1.165) is 13.1 Å². The average Bonchev–Trinajstić information content (AvgIpc) is 2.12. The molecule has 0 spiro atoms. The van der Waals surface area contributed by atoms with Crippen molar-refractivity contribution in [3.05, 3.63) is 0 Å². The minimum atomic E-state index is -1.26. The first-order valence-electron chi connectivity index (χ1n) is 3.96. The normalized spacial score (nSPS) is 27.3. The molecule has 0 aliphatic carbocycles. The predicted molar refractivity (Wildman–Crippen MR) is 45.7 cm³/mol. The van der Waals surface area contributed by atoms with Crippen LogP contribution in [0.25, 0.3) is 0 Å². The second kappa shape index (κ2) is 3.03. The van der Waals surface area contributed by atoms with E-state index in [4.69, 9.17) is 4.43 Å². The van der Waals surface area contributed by atoms with E-state index < -0.39 is 8.32 Å². The first-order valence-corrected chi connectivity index (χ1v) is 7.37. The van der Waals surface area contributed by atoms with Crippen molar-refractivity contribution in [1.29, 1.82) is 0 Å². The fraction of sp³-hybridized carbons (Fsp3) is 1.00. The van der Waals surface area contributed by atoms with Gasteiger partial charge >= 0.3 is 0 Å². The van der Waals surface area contributed by atoms with Gasteiger partial charge in [-0.1, -0.05) is 0 Å². The second-order valence-corrected chi connectivity index (χ2v) is 8.31. The van der Waals surface area contributed by atoms with Crippen LogP contribution in [0.5, 0.6) is 0 Å². The molecule has 0 saturated carbocycles. The van der Waals surface area contributed by atoms with Crippen LogP contribution in [-0.2, 0) is 4.43 Å². The van der Waals surface area contributed by atoms with Gasteiger partial charge in [0.05, 0.1) is 6.10 Å². The summed E-state index contributed by atoms with van der Waals surface area (Å²) in [6, 6.07) is 0. The molecule has 2 nitrogen and oxygen atoms in total. The Morgan fingerprint density at radius 2 is 2.10 bits per heavy atom. The molecule has 0 aromatic heterocycles. The summed E-state index contributed by atoms with van der Waals surface area (Å²) in [6.45, 7) is 8.92. The monoisotopic (exact) mass is 159 g/mol. The van der Waals surface area contributed by atoms with Gasteiger partial charge in [0.25, 0.3) is 0 Å². The molecule has 1 fully saturated rings. The lowest BCUT2D eigenvalue weighted by molar-refractivity contribution is 0.215.